The predicted octanol–water partition coefficient (Wildman–Crippen LogP) is 6.23. The van der Waals surface area contributed by atoms with Crippen LogP contribution in [-0.4, -0.2) is 40.1 Å². The average Bonchev–Trinajstić information content (AvgIpc) is 3.62. The minimum absolute atomic E-state index is 0.0361. The molecule has 4 aromatic rings. The molecule has 0 bridgehead atoms. The molecular weight excluding hydrogens is 596 g/mol. The SMILES string of the molecule is CCOc1cc([C@H]2C3=CC[C@@H]4C(=O)N(c5ccc(-c6nc7ccccc7o6)cc5)C(=O)[C@@H]4[C@@H]3CC3=C2C(=O)C=C(C)C3=O)ccc1O. The molecule has 1 N–H and O–H groups in total. The van der Waals surface area contributed by atoms with E-state index >= 15 is 0 Å². The van der Waals surface area contributed by atoms with Gasteiger partial charge in [0.2, 0.25) is 17.7 Å². The first-order chi connectivity index (χ1) is 22.7. The van der Waals surface area contributed by atoms with Crippen LogP contribution < -0.4 is 9.64 Å². The van der Waals surface area contributed by atoms with Crippen molar-refractivity contribution in [3.8, 4) is 23.0 Å². The summed E-state index contributed by atoms with van der Waals surface area (Å²) in [5.74, 6) is -2.80. The van der Waals surface area contributed by atoms with Crippen molar-refractivity contribution in [2.45, 2.75) is 32.6 Å². The molecule has 0 saturated carbocycles. The Balaban J connectivity index is 1.16. The largest absolute Gasteiger partial charge is 0.504 e. The highest BCUT2D eigenvalue weighted by molar-refractivity contribution is 6.25. The van der Waals surface area contributed by atoms with Gasteiger partial charge in [-0.1, -0.05) is 29.8 Å². The number of carbonyl (C=O) groups excluding carboxylic acids is 4. The number of hydrogen-bond acceptors (Lipinski definition) is 8. The third kappa shape index (κ3) is 4.40. The number of ketones is 2. The molecule has 0 spiro atoms. The Kier molecular flexibility index (Phi) is 6.61. The van der Waals surface area contributed by atoms with Crippen LogP contribution in [-0.2, 0) is 19.2 Å². The number of aromatic nitrogens is 1. The number of anilines is 1. The molecule has 8 rings (SSSR count). The predicted molar refractivity (Wildman–Crippen MR) is 173 cm³/mol. The van der Waals surface area contributed by atoms with Crippen LogP contribution in [0.2, 0.25) is 0 Å². The van der Waals surface area contributed by atoms with Crippen molar-refractivity contribution in [2.24, 2.45) is 17.8 Å². The number of fused-ring (bicyclic) bond motifs is 4. The van der Waals surface area contributed by atoms with E-state index in [1.165, 1.54) is 17.0 Å². The summed E-state index contributed by atoms with van der Waals surface area (Å²) in [4.78, 5) is 61.1. The van der Waals surface area contributed by atoms with Crippen molar-refractivity contribution >= 4 is 40.2 Å². The van der Waals surface area contributed by atoms with Gasteiger partial charge < -0.3 is 14.3 Å². The average molecular weight is 627 g/mol. The number of rotatable bonds is 5. The third-order valence-corrected chi connectivity index (χ3v) is 9.85. The number of benzene rings is 3. The van der Waals surface area contributed by atoms with Crippen LogP contribution >= 0.6 is 0 Å². The summed E-state index contributed by atoms with van der Waals surface area (Å²) in [6.45, 7) is 3.76. The number of phenolic OH excluding ortho intramolecular Hbond substituents is 1. The molecule has 3 aliphatic carbocycles. The third-order valence-electron chi connectivity index (χ3n) is 9.85. The smallest absolute Gasteiger partial charge is 0.238 e. The van der Waals surface area contributed by atoms with E-state index in [4.69, 9.17) is 9.15 Å². The number of carbonyl (C=O) groups is 4. The fourth-order valence-corrected chi connectivity index (χ4v) is 7.75. The highest BCUT2D eigenvalue weighted by Crippen LogP contribution is 2.56. The van der Waals surface area contributed by atoms with Gasteiger partial charge in [-0.2, -0.15) is 0 Å². The Bertz CT molecular complexity index is 2100. The van der Waals surface area contributed by atoms with Crippen molar-refractivity contribution in [1.29, 1.82) is 0 Å². The molecule has 2 heterocycles. The van der Waals surface area contributed by atoms with E-state index in [2.05, 4.69) is 4.98 Å². The standard InChI is InChI=1S/C38H30N2O7/c1-3-46-31-17-21(10-15-28(31)41)32-23-13-14-24-33(25(23)18-26-34(32)29(42)16-19(2)35(26)43)38(45)40(37(24)44)22-11-8-20(9-12-22)36-39-27-6-4-5-7-30(27)47-36/h4-13,15-17,24-25,32-33,41H,3,14,18H2,1-2H3/t24-,25+,32-,33-/m0/s1. The quantitative estimate of drug-likeness (QED) is 0.157. The van der Waals surface area contributed by atoms with Crippen molar-refractivity contribution in [2.75, 3.05) is 11.5 Å². The fraction of sp³-hybridized carbons (Fsp3) is 0.237. The second-order valence-electron chi connectivity index (χ2n) is 12.4. The lowest BCUT2D eigenvalue weighted by Crippen LogP contribution is -2.39. The van der Waals surface area contributed by atoms with Crippen LogP contribution in [0.1, 0.15) is 38.2 Å². The summed E-state index contributed by atoms with van der Waals surface area (Å²) in [5, 5.41) is 10.4. The molecule has 4 atom stereocenters. The minimum Gasteiger partial charge on any atom is -0.504 e. The molecule has 0 radical (unpaired) electrons. The van der Waals surface area contributed by atoms with Crippen LogP contribution in [0.4, 0.5) is 5.69 Å². The maximum Gasteiger partial charge on any atom is 0.238 e. The first-order valence-electron chi connectivity index (χ1n) is 15.7. The monoisotopic (exact) mass is 626 g/mol. The van der Waals surface area contributed by atoms with Gasteiger partial charge in [0.05, 0.1) is 24.1 Å². The number of amides is 2. The Morgan fingerprint density at radius 1 is 0.979 bits per heavy atom. The zero-order valence-corrected chi connectivity index (χ0v) is 25.7. The highest BCUT2D eigenvalue weighted by Gasteiger charge is 2.56. The molecule has 234 valence electrons. The Hall–Kier alpha value is -5.57. The van der Waals surface area contributed by atoms with E-state index in [0.717, 1.165) is 11.1 Å². The van der Waals surface area contributed by atoms with E-state index in [-0.39, 0.29) is 41.3 Å². The van der Waals surface area contributed by atoms with E-state index in [1.54, 1.807) is 43.3 Å². The Morgan fingerprint density at radius 2 is 1.77 bits per heavy atom. The summed E-state index contributed by atoms with van der Waals surface area (Å²) in [5.41, 5.74) is 5.19. The molecule has 3 aromatic carbocycles. The normalized spacial score (nSPS) is 23.8. The van der Waals surface area contributed by atoms with Gasteiger partial charge in [0.1, 0.15) is 5.52 Å². The molecule has 1 aliphatic heterocycles. The lowest BCUT2D eigenvalue weighted by Gasteiger charge is -2.42. The van der Waals surface area contributed by atoms with Crippen molar-refractivity contribution in [3.63, 3.8) is 0 Å². The summed E-state index contributed by atoms with van der Waals surface area (Å²) < 4.78 is 11.5. The summed E-state index contributed by atoms with van der Waals surface area (Å²) in [6.07, 6.45) is 3.86. The molecule has 0 unspecified atom stereocenters. The fourth-order valence-electron chi connectivity index (χ4n) is 7.75. The first kappa shape index (κ1) is 28.9. The highest BCUT2D eigenvalue weighted by atomic mass is 16.5. The number of ether oxygens (including phenoxy) is 1. The summed E-state index contributed by atoms with van der Waals surface area (Å²) in [6, 6.07) is 19.4. The van der Waals surface area contributed by atoms with Crippen LogP contribution in [0.15, 0.2) is 106 Å². The number of phenols is 1. The molecule has 9 heteroatoms. The van der Waals surface area contributed by atoms with Gasteiger partial charge in [-0.3, -0.25) is 24.1 Å². The van der Waals surface area contributed by atoms with Gasteiger partial charge in [0.15, 0.2) is 28.6 Å². The summed E-state index contributed by atoms with van der Waals surface area (Å²) >= 11 is 0. The Morgan fingerprint density at radius 3 is 2.53 bits per heavy atom. The maximum absolute atomic E-state index is 14.3. The zero-order valence-electron chi connectivity index (χ0n) is 25.7. The second-order valence-corrected chi connectivity index (χ2v) is 12.4. The molecule has 1 fully saturated rings. The lowest BCUT2D eigenvalue weighted by atomic mass is 9.59. The van der Waals surface area contributed by atoms with Gasteiger partial charge in [-0.25, -0.2) is 4.98 Å². The van der Waals surface area contributed by atoms with Crippen LogP contribution in [0.25, 0.3) is 22.6 Å². The van der Waals surface area contributed by atoms with Crippen molar-refractivity contribution < 1.29 is 33.4 Å². The second kappa shape index (κ2) is 10.8. The van der Waals surface area contributed by atoms with Gasteiger partial charge in [0, 0.05) is 28.2 Å². The molecule has 1 aromatic heterocycles. The number of para-hydroxylation sites is 2. The van der Waals surface area contributed by atoms with Gasteiger partial charge in [-0.05, 0) is 92.8 Å². The molecule has 47 heavy (non-hydrogen) atoms. The van der Waals surface area contributed by atoms with E-state index in [9.17, 15) is 24.3 Å². The van der Waals surface area contributed by atoms with Gasteiger partial charge >= 0.3 is 0 Å². The number of nitrogens with zero attached hydrogens (tertiary/aromatic N) is 2. The minimum atomic E-state index is -0.701. The van der Waals surface area contributed by atoms with E-state index in [1.807, 2.05) is 37.3 Å². The topological polar surface area (TPSA) is 127 Å². The lowest BCUT2D eigenvalue weighted by molar-refractivity contribution is -0.123. The molecule has 9 nitrogen and oxygen atoms in total. The zero-order chi connectivity index (χ0) is 32.6. The Labute approximate surface area is 269 Å². The molecule has 2 amide bonds. The van der Waals surface area contributed by atoms with Crippen LogP contribution in [0.3, 0.4) is 0 Å². The first-order valence-corrected chi connectivity index (χ1v) is 15.7. The number of hydrogen-bond donors (Lipinski definition) is 1. The van der Waals surface area contributed by atoms with Crippen molar-refractivity contribution in [3.05, 3.63) is 107 Å². The summed E-state index contributed by atoms with van der Waals surface area (Å²) in [7, 11) is 0. The number of allylic oxidation sites excluding steroid dienone is 6. The number of imide groups is 1. The van der Waals surface area contributed by atoms with Gasteiger partial charge in [-0.15, -0.1) is 0 Å². The van der Waals surface area contributed by atoms with Crippen LogP contribution in [0, 0.1) is 17.8 Å². The van der Waals surface area contributed by atoms with Crippen LogP contribution in [0.5, 0.6) is 11.5 Å². The maximum atomic E-state index is 14.3. The number of Topliss-reactive ketones (excluding diaryl/α,β-unsaturated/α-hetero) is 1. The molecule has 4 aliphatic rings. The van der Waals surface area contributed by atoms with Gasteiger partial charge in [0.25, 0.3) is 0 Å². The van der Waals surface area contributed by atoms with Crippen molar-refractivity contribution in [1.82, 2.24) is 4.98 Å². The number of oxazole rings is 1. The molecular formula is C38H30N2O7. The molecule has 1 saturated heterocycles. The van der Waals surface area contributed by atoms with E-state index < -0.39 is 23.7 Å². The number of aromatic hydroxyl groups is 1. The van der Waals surface area contributed by atoms with E-state index in [0.29, 0.717) is 58.0 Å².